The van der Waals surface area contributed by atoms with E-state index in [9.17, 15) is 43.2 Å². The summed E-state index contributed by atoms with van der Waals surface area (Å²) in [6, 6.07) is 0. The van der Waals surface area contributed by atoms with Crippen LogP contribution < -0.4 is 21.9 Å². The number of unbranched alkanes of at least 4 members (excludes halogenated alkanes) is 1. The van der Waals surface area contributed by atoms with Crippen LogP contribution in [0, 0.1) is 11.8 Å². The van der Waals surface area contributed by atoms with E-state index in [2.05, 4.69) is 15.6 Å². The number of carbonyl (C=O) groups excluding carboxylic acids is 6. The zero-order chi connectivity index (χ0) is 45.2. The molecule has 3 heterocycles. The van der Waals surface area contributed by atoms with Gasteiger partial charge < -0.3 is 48.9 Å². The van der Waals surface area contributed by atoms with Crippen molar-refractivity contribution in [2.75, 3.05) is 26.3 Å². The van der Waals surface area contributed by atoms with E-state index < -0.39 is 96.2 Å². The lowest BCUT2D eigenvalue weighted by Gasteiger charge is -2.43. The van der Waals surface area contributed by atoms with Crippen molar-refractivity contribution < 1.29 is 71.8 Å². The van der Waals surface area contributed by atoms with Gasteiger partial charge >= 0.3 is 35.5 Å². The third-order valence-corrected chi connectivity index (χ3v) is 10.2. The van der Waals surface area contributed by atoms with Gasteiger partial charge in [-0.3, -0.25) is 47.9 Å². The first-order valence-electron chi connectivity index (χ1n) is 20.6. The lowest BCUT2D eigenvalue weighted by molar-refractivity contribution is -0.288. The van der Waals surface area contributed by atoms with Crippen molar-refractivity contribution in [3.8, 4) is 0 Å². The average Bonchev–Trinajstić information content (AvgIpc) is 3.52. The first-order valence-corrected chi connectivity index (χ1v) is 20.6. The maximum atomic E-state index is 13.0. The van der Waals surface area contributed by atoms with Crippen molar-refractivity contribution in [1.29, 1.82) is 0 Å². The summed E-state index contributed by atoms with van der Waals surface area (Å²) >= 11 is 0. The molecule has 2 amide bonds. The second-order valence-electron chi connectivity index (χ2n) is 15.0. The highest BCUT2D eigenvalue weighted by molar-refractivity contribution is 5.77. The number of aryl methyl sites for hydroxylation is 1. The van der Waals surface area contributed by atoms with Gasteiger partial charge in [0.25, 0.3) is 5.56 Å². The standard InChI is InChI=1S/C40H60N4O17/c1-7-11-28-26(8-2)35(61-33(52)14-13-32(50)51)36(59-28)27-20-44(40(54)43-38(27)53)18-15-31(49)42-17-16-41-30(48)12-9-10-19-55-39-22(3)34(57-24(5)46)37(58-25(6)47)29(60-39)21-56-23(4)45/h20,22,26,28-29,34-37,39H,7-19,21H2,1-6H3,(H,41,48)(H,42,49)(H,50,51)(H,43,53,54). The maximum absolute atomic E-state index is 13.0. The molecule has 2 aliphatic rings. The molecular weight excluding hydrogens is 808 g/mol. The van der Waals surface area contributed by atoms with Crippen LogP contribution in [0.4, 0.5) is 0 Å². The summed E-state index contributed by atoms with van der Waals surface area (Å²) in [7, 11) is 0. The van der Waals surface area contributed by atoms with Gasteiger partial charge in [0.2, 0.25) is 11.8 Å². The molecule has 3 rings (SSSR count). The minimum absolute atomic E-state index is 0.0337. The van der Waals surface area contributed by atoms with E-state index in [1.54, 1.807) is 6.92 Å². The van der Waals surface area contributed by atoms with Gasteiger partial charge in [0.05, 0.1) is 24.5 Å². The summed E-state index contributed by atoms with van der Waals surface area (Å²) in [5.74, 6) is -5.28. The third-order valence-electron chi connectivity index (χ3n) is 10.2. The van der Waals surface area contributed by atoms with Crippen LogP contribution in [-0.2, 0) is 73.3 Å². The Morgan fingerprint density at radius 1 is 0.803 bits per heavy atom. The van der Waals surface area contributed by atoms with E-state index >= 15 is 0 Å². The molecule has 0 aromatic carbocycles. The number of hydrogen-bond acceptors (Lipinski definition) is 16. The number of H-pyrrole nitrogens is 1. The minimum atomic E-state index is -1.16. The molecule has 0 aliphatic carbocycles. The summed E-state index contributed by atoms with van der Waals surface area (Å²) < 4.78 is 40.9. The fraction of sp³-hybridized carbons (Fsp3) is 0.725. The van der Waals surface area contributed by atoms with Gasteiger partial charge in [-0.1, -0.05) is 27.2 Å². The Labute approximate surface area is 352 Å². The smallest absolute Gasteiger partial charge is 0.328 e. The predicted molar refractivity (Wildman–Crippen MR) is 210 cm³/mol. The van der Waals surface area contributed by atoms with Gasteiger partial charge in [-0.25, -0.2) is 4.79 Å². The number of aromatic amines is 1. The van der Waals surface area contributed by atoms with E-state index in [1.807, 2.05) is 13.8 Å². The van der Waals surface area contributed by atoms with Gasteiger partial charge in [0.15, 0.2) is 12.4 Å². The molecule has 21 nitrogen and oxygen atoms in total. The second-order valence-corrected chi connectivity index (χ2v) is 15.0. The quantitative estimate of drug-likeness (QED) is 0.0645. The van der Waals surface area contributed by atoms with Gasteiger partial charge in [-0.15, -0.1) is 0 Å². The number of nitrogens with zero attached hydrogens (tertiary/aromatic N) is 1. The third kappa shape index (κ3) is 16.0. The molecule has 21 heteroatoms. The molecule has 1 aromatic rings. The largest absolute Gasteiger partial charge is 0.481 e. The monoisotopic (exact) mass is 868 g/mol. The SMILES string of the molecule is CCCC1OC(c2cn(CCC(=O)NCCNC(=O)CCCCOC3OC(COC(C)=O)C(OC(C)=O)C(OC(C)=O)C3C)c(=O)[nH]c2=O)C(OC(=O)CCC(=O)O)C1CC. The fourth-order valence-corrected chi connectivity index (χ4v) is 7.23. The van der Waals surface area contributed by atoms with E-state index in [0.717, 1.165) is 11.0 Å². The Morgan fingerprint density at radius 3 is 2.07 bits per heavy atom. The number of carboxylic acids is 1. The first-order chi connectivity index (χ1) is 28.9. The van der Waals surface area contributed by atoms with Crippen LogP contribution >= 0.6 is 0 Å². The molecule has 342 valence electrons. The summed E-state index contributed by atoms with van der Waals surface area (Å²) in [6.45, 7) is 9.18. The number of carboxylic acid groups (broad SMARTS) is 1. The Balaban J connectivity index is 1.45. The number of aromatic nitrogens is 2. The van der Waals surface area contributed by atoms with Gasteiger partial charge in [-0.2, -0.15) is 0 Å². The zero-order valence-corrected chi connectivity index (χ0v) is 35.6. The van der Waals surface area contributed by atoms with Crippen molar-refractivity contribution in [1.82, 2.24) is 20.2 Å². The summed E-state index contributed by atoms with van der Waals surface area (Å²) in [5.41, 5.74) is -1.46. The number of esters is 4. The lowest BCUT2D eigenvalue weighted by Crippen LogP contribution is -2.58. The van der Waals surface area contributed by atoms with Crippen molar-refractivity contribution in [3.63, 3.8) is 0 Å². The number of ether oxygens (including phenoxy) is 7. The predicted octanol–water partition coefficient (Wildman–Crippen LogP) is 1.18. The number of rotatable bonds is 24. The fourth-order valence-electron chi connectivity index (χ4n) is 7.23. The minimum Gasteiger partial charge on any atom is -0.481 e. The van der Waals surface area contributed by atoms with Crippen LogP contribution in [-0.4, -0.2) is 119 Å². The number of carbonyl (C=O) groups is 7. The molecule has 0 saturated carbocycles. The summed E-state index contributed by atoms with van der Waals surface area (Å²) in [6.07, 6.45) is -2.82. The van der Waals surface area contributed by atoms with E-state index in [4.69, 9.17) is 38.3 Å². The average molecular weight is 869 g/mol. The number of hydrogen-bond donors (Lipinski definition) is 4. The lowest BCUT2D eigenvalue weighted by atomic mass is 9.89. The highest BCUT2D eigenvalue weighted by atomic mass is 16.7. The van der Waals surface area contributed by atoms with Gasteiger partial charge in [0, 0.05) is 77.9 Å². The van der Waals surface area contributed by atoms with Crippen molar-refractivity contribution in [3.05, 3.63) is 32.6 Å². The summed E-state index contributed by atoms with van der Waals surface area (Å²) in [4.78, 5) is 112. The molecule has 4 N–H and O–H groups in total. The molecule has 2 fully saturated rings. The molecule has 0 spiro atoms. The Hall–Kier alpha value is -5.15. The van der Waals surface area contributed by atoms with Crippen LogP contribution in [0.15, 0.2) is 15.8 Å². The van der Waals surface area contributed by atoms with Crippen molar-refractivity contribution in [2.24, 2.45) is 11.8 Å². The Bertz CT molecular complexity index is 1800. The number of amides is 2. The number of nitrogens with one attached hydrogen (secondary N) is 3. The van der Waals surface area contributed by atoms with Crippen LogP contribution in [0.25, 0.3) is 0 Å². The molecular formula is C40H60N4O17. The van der Waals surface area contributed by atoms with Crippen molar-refractivity contribution >= 4 is 41.7 Å². The normalized spacial score (nSPS) is 24.6. The molecule has 9 unspecified atom stereocenters. The van der Waals surface area contributed by atoms with E-state index in [1.165, 1.54) is 27.0 Å². The highest BCUT2D eigenvalue weighted by Crippen LogP contribution is 2.42. The zero-order valence-electron chi connectivity index (χ0n) is 35.6. The molecule has 61 heavy (non-hydrogen) atoms. The van der Waals surface area contributed by atoms with E-state index in [-0.39, 0.29) is 75.6 Å². The van der Waals surface area contributed by atoms with Crippen molar-refractivity contribution in [2.45, 2.75) is 149 Å². The molecule has 0 radical (unpaired) electrons. The van der Waals surface area contributed by atoms with Crippen LogP contribution in [0.3, 0.4) is 0 Å². The molecule has 0 bridgehead atoms. The molecule has 2 saturated heterocycles. The molecule has 9 atom stereocenters. The summed E-state index contributed by atoms with van der Waals surface area (Å²) in [5, 5.41) is 14.4. The number of aliphatic carboxylic acids is 1. The topological polar surface area (TPSA) is 283 Å². The second kappa shape index (κ2) is 24.9. The Kier molecular flexibility index (Phi) is 20.5. The maximum Gasteiger partial charge on any atom is 0.328 e. The van der Waals surface area contributed by atoms with Gasteiger partial charge in [-0.05, 0) is 25.7 Å². The first kappa shape index (κ1) is 50.2. The molecule has 2 aliphatic heterocycles. The van der Waals surface area contributed by atoms with Gasteiger partial charge in [0.1, 0.15) is 31.0 Å². The van der Waals surface area contributed by atoms with E-state index in [0.29, 0.717) is 25.7 Å². The van der Waals surface area contributed by atoms with Crippen LogP contribution in [0.1, 0.15) is 111 Å². The van der Waals surface area contributed by atoms with Crippen LogP contribution in [0.5, 0.6) is 0 Å². The Morgan fingerprint density at radius 2 is 1.46 bits per heavy atom. The molecule has 1 aromatic heterocycles. The highest BCUT2D eigenvalue weighted by Gasteiger charge is 2.49. The van der Waals surface area contributed by atoms with Crippen LogP contribution in [0.2, 0.25) is 0 Å².